The normalized spacial score (nSPS) is 10.8. The van der Waals surface area contributed by atoms with Gasteiger partial charge in [-0.1, -0.05) is 36.4 Å². The molecule has 3 amide bonds. The average Bonchev–Trinajstić information content (AvgIpc) is 3.39. The van der Waals surface area contributed by atoms with Crippen molar-refractivity contribution in [1.82, 2.24) is 0 Å². The Morgan fingerprint density at radius 3 is 0.640 bits per heavy atom. The van der Waals surface area contributed by atoms with Gasteiger partial charge in [-0.25, -0.2) is 0 Å². The van der Waals surface area contributed by atoms with Crippen LogP contribution in [0.2, 0.25) is 0 Å². The summed E-state index contributed by atoms with van der Waals surface area (Å²) < 4.78 is 0. The van der Waals surface area contributed by atoms with Crippen LogP contribution in [-0.2, 0) is 14.4 Å². The van der Waals surface area contributed by atoms with E-state index in [0.29, 0.717) is 0 Å². The molecule has 384 valence electrons. The third-order valence-electron chi connectivity index (χ3n) is 14.5. The first kappa shape index (κ1) is 54.3. The molecule has 0 aromatic heterocycles. The fourth-order valence-corrected chi connectivity index (χ4v) is 9.70. The van der Waals surface area contributed by atoms with Gasteiger partial charge in [0.2, 0.25) is 17.7 Å². The van der Waals surface area contributed by atoms with E-state index in [-0.39, 0.29) is 17.7 Å². The Morgan fingerprint density at radius 2 is 0.480 bits per heavy atom. The van der Waals surface area contributed by atoms with Gasteiger partial charge in [0.1, 0.15) is 0 Å². The largest absolute Gasteiger partial charge is 0.388 e. The number of hydrogen-bond acceptors (Lipinski definition) is 6. The van der Waals surface area contributed by atoms with Crippen LogP contribution in [0.1, 0.15) is 54.2 Å². The molecule has 8 rings (SSSR count). The van der Waals surface area contributed by atoms with Crippen LogP contribution in [0.3, 0.4) is 0 Å². The number of carbonyl (C=O) groups excluding carboxylic acids is 3. The molecule has 75 heavy (non-hydrogen) atoms. The summed E-state index contributed by atoms with van der Waals surface area (Å²) in [6.07, 6.45) is 0. The van der Waals surface area contributed by atoms with E-state index in [4.69, 9.17) is 0 Å². The van der Waals surface area contributed by atoms with Gasteiger partial charge in [-0.15, -0.1) is 0 Å². The highest BCUT2D eigenvalue weighted by atomic mass is 16.2. The lowest BCUT2D eigenvalue weighted by atomic mass is 9.89. The van der Waals surface area contributed by atoms with E-state index in [1.165, 1.54) is 50.1 Å². The highest BCUT2D eigenvalue weighted by Crippen LogP contribution is 2.40. The molecule has 0 saturated carbocycles. The molecule has 0 radical (unpaired) electrons. The maximum Gasteiger partial charge on any atom is 0.223 e. The Labute approximate surface area is 445 Å². The molecule has 8 aromatic carbocycles. The van der Waals surface area contributed by atoms with Crippen LogP contribution < -0.4 is 30.7 Å². The van der Waals surface area contributed by atoms with E-state index < -0.39 is 0 Å². The predicted molar refractivity (Wildman–Crippen MR) is 320 cm³/mol. The number of nitrogens with zero attached hydrogens (tertiary/aromatic N) is 3. The Kier molecular flexibility index (Phi) is 16.8. The van der Waals surface area contributed by atoms with Crippen molar-refractivity contribution >= 4 is 51.8 Å². The number of aryl methyl sites for hydroxylation is 6. The lowest BCUT2D eigenvalue weighted by Crippen LogP contribution is -2.22. The number of nitrogens with one attached hydrogen (secondary N) is 3. The molecule has 0 saturated heterocycles. The van der Waals surface area contributed by atoms with E-state index >= 15 is 0 Å². The topological polar surface area (TPSA) is 97.0 Å². The van der Waals surface area contributed by atoms with Crippen LogP contribution >= 0.6 is 0 Å². The molecule has 0 bridgehead atoms. The van der Waals surface area contributed by atoms with Crippen LogP contribution in [0, 0.1) is 41.5 Å². The summed E-state index contributed by atoms with van der Waals surface area (Å²) >= 11 is 0. The average molecular weight is 997 g/mol. The van der Waals surface area contributed by atoms with Gasteiger partial charge in [-0.05, 0) is 251 Å². The van der Waals surface area contributed by atoms with Gasteiger partial charge in [-0.2, -0.15) is 0 Å². The summed E-state index contributed by atoms with van der Waals surface area (Å²) in [6, 6.07) is 51.6. The first-order valence-corrected chi connectivity index (χ1v) is 25.4. The number of anilines is 6. The second-order valence-corrected chi connectivity index (χ2v) is 19.7. The van der Waals surface area contributed by atoms with Crippen LogP contribution in [0.5, 0.6) is 0 Å². The maximum atomic E-state index is 12.0. The smallest absolute Gasteiger partial charge is 0.223 e. The number of rotatable bonds is 12. The summed E-state index contributed by atoms with van der Waals surface area (Å²) in [5, 5.41) is 9.74. The number of hydrogen-bond donors (Lipinski definition) is 3. The maximum absolute atomic E-state index is 12.0. The lowest BCUT2D eigenvalue weighted by Gasteiger charge is -2.20. The summed E-state index contributed by atoms with van der Waals surface area (Å²) in [7, 11) is 11.2. The highest BCUT2D eigenvalue weighted by molar-refractivity contribution is 5.94. The Bertz CT molecular complexity index is 3080. The van der Waals surface area contributed by atoms with Crippen molar-refractivity contribution in [3.05, 3.63) is 179 Å². The van der Waals surface area contributed by atoms with Crippen molar-refractivity contribution < 1.29 is 14.4 Å². The molecule has 0 aliphatic heterocycles. The number of amides is 3. The fraction of sp³-hybridized carbons (Fsp3) is 0.227. The minimum Gasteiger partial charge on any atom is -0.388 e. The van der Waals surface area contributed by atoms with E-state index in [1.54, 1.807) is 56.6 Å². The fourth-order valence-electron chi connectivity index (χ4n) is 9.70. The molecular formula is C66H72N6O3. The lowest BCUT2D eigenvalue weighted by molar-refractivity contribution is -0.117. The molecule has 0 fully saturated rings. The minimum atomic E-state index is -0.0184. The zero-order chi connectivity index (χ0) is 54.4. The summed E-state index contributed by atoms with van der Waals surface area (Å²) in [4.78, 5) is 40.8. The second kappa shape index (κ2) is 23.2. The predicted octanol–water partition coefficient (Wildman–Crippen LogP) is 15.3. The molecule has 9 nitrogen and oxygen atoms in total. The van der Waals surface area contributed by atoms with Gasteiger partial charge in [-0.3, -0.25) is 14.4 Å². The molecule has 8 aromatic rings. The van der Waals surface area contributed by atoms with Crippen LogP contribution in [-0.4, -0.2) is 60.0 Å². The van der Waals surface area contributed by atoms with Crippen molar-refractivity contribution in [2.75, 3.05) is 72.9 Å². The van der Waals surface area contributed by atoms with Gasteiger partial charge in [0.15, 0.2) is 0 Å². The van der Waals surface area contributed by atoms with Gasteiger partial charge in [0.25, 0.3) is 0 Å². The van der Waals surface area contributed by atoms with Crippen molar-refractivity contribution in [3.63, 3.8) is 0 Å². The molecule has 0 spiro atoms. The first-order chi connectivity index (χ1) is 35.7. The molecule has 9 heteroatoms. The minimum absolute atomic E-state index is 0.0184. The van der Waals surface area contributed by atoms with Gasteiger partial charge < -0.3 is 30.7 Å². The summed E-state index contributed by atoms with van der Waals surface area (Å²) in [5.74, 6) is -0.0552. The third-order valence-corrected chi connectivity index (χ3v) is 14.5. The van der Waals surface area contributed by atoms with Crippen LogP contribution in [0.25, 0.3) is 66.8 Å². The van der Waals surface area contributed by atoms with Crippen molar-refractivity contribution in [1.29, 1.82) is 0 Å². The summed E-state index contributed by atoms with van der Waals surface area (Å²) in [5.41, 5.74) is 26.8. The molecule has 3 N–H and O–H groups in total. The second-order valence-electron chi connectivity index (χ2n) is 19.7. The number of carbonyl (C=O) groups is 3. The molecule has 0 unspecified atom stereocenters. The quantitative estimate of drug-likeness (QED) is 0.113. The standard InChI is InChI=1S/C36H39N3O3.C30H33N3/c1-22-16-31(37(7)25(4)40)10-13-34(22)28-19-29(35-14-11-32(17-23(35)2)38(8)26(5)41)21-30(20-28)36-15-12-33(18-24(36)3)39(9)27(6)42;1-19-13-25(31-4)7-10-28(19)22-16-23(29-11-8-26(32-5)14-20(29)2)18-24(17-22)30-12-9-27(33-6)15-21(30)3/h10-21H,1-9H3;7-18,31-33H,1-6H3. The molecule has 0 heterocycles. The van der Waals surface area contributed by atoms with Crippen molar-refractivity contribution in [3.8, 4) is 66.8 Å². The van der Waals surface area contributed by atoms with Crippen molar-refractivity contribution in [2.45, 2.75) is 62.3 Å². The Morgan fingerprint density at radius 1 is 0.293 bits per heavy atom. The van der Waals surface area contributed by atoms with Crippen LogP contribution in [0.15, 0.2) is 146 Å². The zero-order valence-corrected chi connectivity index (χ0v) is 46.4. The molecule has 0 aliphatic rings. The zero-order valence-electron chi connectivity index (χ0n) is 46.4. The van der Waals surface area contributed by atoms with Gasteiger partial charge in [0.05, 0.1) is 0 Å². The molecular weight excluding hydrogens is 925 g/mol. The molecule has 0 atom stereocenters. The SMILES string of the molecule is CC(=O)N(C)c1ccc(-c2cc(-c3ccc(N(C)C(C)=O)cc3C)cc(-c3ccc(N(C)C(C)=O)cc3C)c2)c(C)c1.CNc1ccc(-c2cc(-c3ccc(NC)cc3C)cc(-c3ccc(NC)cc3C)c2)c(C)c1. The van der Waals surface area contributed by atoms with E-state index in [1.807, 2.05) is 57.5 Å². The van der Waals surface area contributed by atoms with E-state index in [9.17, 15) is 14.4 Å². The monoisotopic (exact) mass is 997 g/mol. The Hall–Kier alpha value is -8.43. The molecule has 0 aliphatic carbocycles. The highest BCUT2D eigenvalue weighted by Gasteiger charge is 2.17. The van der Waals surface area contributed by atoms with Gasteiger partial charge >= 0.3 is 0 Å². The number of benzene rings is 8. The van der Waals surface area contributed by atoms with E-state index in [0.717, 1.165) is 84.2 Å². The third kappa shape index (κ3) is 12.2. The van der Waals surface area contributed by atoms with Crippen molar-refractivity contribution in [2.24, 2.45) is 0 Å². The van der Waals surface area contributed by atoms with E-state index in [2.05, 4.69) is 167 Å². The van der Waals surface area contributed by atoms with Crippen LogP contribution in [0.4, 0.5) is 34.1 Å². The first-order valence-electron chi connectivity index (χ1n) is 25.4. The van der Waals surface area contributed by atoms with Gasteiger partial charge in [0, 0.05) is 97.2 Å². The Balaban J connectivity index is 0.000000225. The summed E-state index contributed by atoms with van der Waals surface area (Å²) in [6.45, 7) is 17.4.